The Hall–Kier alpha value is -2.84. The number of hydrogen-bond donors (Lipinski definition) is 1. The quantitative estimate of drug-likeness (QED) is 0.304. The van der Waals surface area contributed by atoms with Gasteiger partial charge in [0.25, 0.3) is 5.56 Å². The topological polar surface area (TPSA) is 77.1 Å². The molecule has 0 saturated heterocycles. The van der Waals surface area contributed by atoms with Crippen molar-refractivity contribution in [2.75, 3.05) is 5.75 Å². The zero-order valence-electron chi connectivity index (χ0n) is 18.6. The molecule has 1 aliphatic carbocycles. The van der Waals surface area contributed by atoms with Gasteiger partial charge in [0, 0.05) is 4.88 Å². The van der Waals surface area contributed by atoms with Crippen molar-refractivity contribution in [3.63, 3.8) is 0 Å². The van der Waals surface area contributed by atoms with Gasteiger partial charge in [-0.1, -0.05) is 29.5 Å². The summed E-state index contributed by atoms with van der Waals surface area (Å²) < 4.78 is 7.04. The Labute approximate surface area is 200 Å². The van der Waals surface area contributed by atoms with E-state index in [1.807, 2.05) is 44.2 Å². The normalized spacial score (nSPS) is 14.2. The summed E-state index contributed by atoms with van der Waals surface area (Å²) in [6, 6.07) is 11.3. The number of furan rings is 1. The van der Waals surface area contributed by atoms with Crippen LogP contribution in [0.2, 0.25) is 0 Å². The van der Waals surface area contributed by atoms with Crippen LogP contribution in [0.5, 0.6) is 0 Å². The number of fused-ring (bicyclic) bond motifs is 3. The molecule has 1 aromatic carbocycles. The fraction of sp³-hybridized carbons (Fsp3) is 0.320. The second kappa shape index (κ2) is 9.19. The van der Waals surface area contributed by atoms with E-state index >= 15 is 0 Å². The fourth-order valence-electron chi connectivity index (χ4n) is 4.23. The Morgan fingerprint density at radius 2 is 2.03 bits per heavy atom. The van der Waals surface area contributed by atoms with Gasteiger partial charge in [0.1, 0.15) is 10.6 Å². The molecule has 0 aliphatic heterocycles. The molecule has 1 aliphatic rings. The van der Waals surface area contributed by atoms with E-state index in [0.717, 1.165) is 47.2 Å². The van der Waals surface area contributed by atoms with Crippen LogP contribution in [0.15, 0.2) is 57.0 Å². The number of rotatable bonds is 6. The molecule has 1 N–H and O–H groups in total. The number of benzene rings is 1. The van der Waals surface area contributed by atoms with Crippen LogP contribution < -0.4 is 10.9 Å². The number of aryl methyl sites for hydroxylation is 3. The Morgan fingerprint density at radius 3 is 2.79 bits per heavy atom. The third-order valence-corrected chi connectivity index (χ3v) is 8.05. The highest BCUT2D eigenvalue weighted by atomic mass is 32.2. The first kappa shape index (κ1) is 22.0. The van der Waals surface area contributed by atoms with Crippen molar-refractivity contribution in [2.24, 2.45) is 0 Å². The molecule has 6 nitrogen and oxygen atoms in total. The van der Waals surface area contributed by atoms with E-state index in [1.54, 1.807) is 28.2 Å². The number of nitrogens with one attached hydrogen (secondary N) is 1. The first-order valence-electron chi connectivity index (χ1n) is 11.1. The zero-order chi connectivity index (χ0) is 22.9. The lowest BCUT2D eigenvalue weighted by molar-refractivity contribution is -0.119. The van der Waals surface area contributed by atoms with Crippen LogP contribution in [0.1, 0.15) is 47.6 Å². The molecule has 170 valence electrons. The zero-order valence-corrected chi connectivity index (χ0v) is 20.2. The van der Waals surface area contributed by atoms with Crippen molar-refractivity contribution in [3.05, 3.63) is 74.8 Å². The van der Waals surface area contributed by atoms with Crippen molar-refractivity contribution in [1.29, 1.82) is 0 Å². The SMILES string of the molecule is Cc1ccc(-n2c(SCC(=O)NC(C)c3ccco3)nc3sc4c(c3c2=O)CCCC4)cc1. The predicted octanol–water partition coefficient (Wildman–Crippen LogP) is 5.20. The maximum atomic E-state index is 13.7. The molecule has 0 saturated carbocycles. The number of aromatic nitrogens is 2. The van der Waals surface area contributed by atoms with Crippen LogP contribution >= 0.6 is 23.1 Å². The lowest BCUT2D eigenvalue weighted by atomic mass is 9.97. The maximum absolute atomic E-state index is 13.7. The molecule has 1 unspecified atom stereocenters. The van der Waals surface area contributed by atoms with Crippen molar-refractivity contribution in [3.8, 4) is 5.69 Å². The molecule has 0 radical (unpaired) electrons. The van der Waals surface area contributed by atoms with Gasteiger partial charge in [-0.05, 0) is 69.4 Å². The van der Waals surface area contributed by atoms with Crippen molar-refractivity contribution in [1.82, 2.24) is 14.9 Å². The number of carbonyl (C=O) groups excluding carboxylic acids is 1. The summed E-state index contributed by atoms with van der Waals surface area (Å²) in [5.41, 5.74) is 3.01. The third-order valence-electron chi connectivity index (χ3n) is 5.93. The highest BCUT2D eigenvalue weighted by Crippen LogP contribution is 2.35. The predicted molar refractivity (Wildman–Crippen MR) is 133 cm³/mol. The van der Waals surface area contributed by atoms with Gasteiger partial charge in [0.05, 0.1) is 29.1 Å². The van der Waals surface area contributed by atoms with E-state index in [0.29, 0.717) is 10.9 Å². The van der Waals surface area contributed by atoms with Gasteiger partial charge < -0.3 is 9.73 Å². The summed E-state index contributed by atoms with van der Waals surface area (Å²) in [6.07, 6.45) is 5.79. The summed E-state index contributed by atoms with van der Waals surface area (Å²) in [4.78, 5) is 33.3. The minimum atomic E-state index is -0.230. The average molecular weight is 480 g/mol. The third kappa shape index (κ3) is 4.37. The monoisotopic (exact) mass is 479 g/mol. The molecule has 1 amide bonds. The smallest absolute Gasteiger partial charge is 0.267 e. The molecule has 3 aromatic heterocycles. The standard InChI is InChI=1S/C25H25N3O3S2/c1-15-9-11-17(12-10-15)28-24(30)22-18-6-3-4-8-20(18)33-23(22)27-25(28)32-14-21(29)26-16(2)19-7-5-13-31-19/h5,7,9-13,16H,3-4,6,8,14H2,1-2H3,(H,26,29). The summed E-state index contributed by atoms with van der Waals surface area (Å²) in [5, 5.41) is 4.23. The molecule has 5 rings (SSSR count). The Bertz CT molecular complexity index is 1350. The molecule has 33 heavy (non-hydrogen) atoms. The number of carbonyl (C=O) groups is 1. The van der Waals surface area contributed by atoms with Crippen molar-refractivity contribution < 1.29 is 9.21 Å². The summed E-state index contributed by atoms with van der Waals surface area (Å²) in [5.74, 6) is 0.716. The van der Waals surface area contributed by atoms with Gasteiger partial charge >= 0.3 is 0 Å². The average Bonchev–Trinajstić information content (AvgIpc) is 3.47. The first-order chi connectivity index (χ1) is 16.0. The number of thiophene rings is 1. The van der Waals surface area contributed by atoms with E-state index in [4.69, 9.17) is 9.40 Å². The Balaban J connectivity index is 1.50. The molecule has 0 fully saturated rings. The van der Waals surface area contributed by atoms with Crippen molar-refractivity contribution >= 4 is 39.2 Å². The van der Waals surface area contributed by atoms with Crippen LogP contribution in [-0.4, -0.2) is 21.2 Å². The highest BCUT2D eigenvalue weighted by molar-refractivity contribution is 7.99. The molecular formula is C25H25N3O3S2. The summed E-state index contributed by atoms with van der Waals surface area (Å²) in [7, 11) is 0. The Kier molecular flexibility index (Phi) is 6.12. The number of thioether (sulfide) groups is 1. The summed E-state index contributed by atoms with van der Waals surface area (Å²) >= 11 is 2.91. The van der Waals surface area contributed by atoms with Crippen LogP contribution in [-0.2, 0) is 17.6 Å². The first-order valence-corrected chi connectivity index (χ1v) is 12.9. The molecule has 3 heterocycles. The largest absolute Gasteiger partial charge is 0.467 e. The molecular weight excluding hydrogens is 454 g/mol. The van der Waals surface area contributed by atoms with Crippen LogP contribution in [0.25, 0.3) is 15.9 Å². The minimum Gasteiger partial charge on any atom is -0.467 e. The maximum Gasteiger partial charge on any atom is 0.267 e. The van der Waals surface area contributed by atoms with Gasteiger partial charge in [0.2, 0.25) is 5.91 Å². The van der Waals surface area contributed by atoms with E-state index < -0.39 is 0 Å². The lowest BCUT2D eigenvalue weighted by Crippen LogP contribution is -2.28. The van der Waals surface area contributed by atoms with E-state index in [2.05, 4.69) is 5.32 Å². The Morgan fingerprint density at radius 1 is 1.24 bits per heavy atom. The van der Waals surface area contributed by atoms with Crippen molar-refractivity contribution in [2.45, 2.75) is 50.7 Å². The second-order valence-corrected chi connectivity index (χ2v) is 10.4. The molecule has 4 aromatic rings. The fourth-order valence-corrected chi connectivity index (χ4v) is 6.35. The highest BCUT2D eigenvalue weighted by Gasteiger charge is 2.23. The van der Waals surface area contributed by atoms with E-state index in [9.17, 15) is 9.59 Å². The summed E-state index contributed by atoms with van der Waals surface area (Å²) in [6.45, 7) is 3.90. The molecule has 0 bridgehead atoms. The second-order valence-electron chi connectivity index (χ2n) is 8.35. The van der Waals surface area contributed by atoms with Gasteiger partial charge in [-0.25, -0.2) is 4.98 Å². The van der Waals surface area contributed by atoms with Gasteiger partial charge in [-0.15, -0.1) is 11.3 Å². The van der Waals surface area contributed by atoms with E-state index in [-0.39, 0.29) is 23.3 Å². The number of amides is 1. The van der Waals surface area contributed by atoms with E-state index in [1.165, 1.54) is 22.2 Å². The minimum absolute atomic E-state index is 0.0462. The number of nitrogens with zero attached hydrogens (tertiary/aromatic N) is 2. The molecule has 1 atom stereocenters. The van der Waals surface area contributed by atoms with Crippen LogP contribution in [0.4, 0.5) is 0 Å². The van der Waals surface area contributed by atoms with Crippen LogP contribution in [0.3, 0.4) is 0 Å². The molecule has 8 heteroatoms. The van der Waals surface area contributed by atoms with Gasteiger partial charge in [0.15, 0.2) is 5.16 Å². The molecule has 0 spiro atoms. The number of hydrogen-bond acceptors (Lipinski definition) is 6. The van der Waals surface area contributed by atoms with Gasteiger partial charge in [-0.2, -0.15) is 0 Å². The van der Waals surface area contributed by atoms with Gasteiger partial charge in [-0.3, -0.25) is 14.2 Å². The lowest BCUT2D eigenvalue weighted by Gasteiger charge is -2.15. The van der Waals surface area contributed by atoms with Crippen LogP contribution in [0, 0.1) is 6.92 Å².